The largest absolute Gasteiger partial charge is 0.493 e. The summed E-state index contributed by atoms with van der Waals surface area (Å²) in [6.45, 7) is 0. The van der Waals surface area contributed by atoms with Gasteiger partial charge in [-0.1, -0.05) is 0 Å². The van der Waals surface area contributed by atoms with Crippen molar-refractivity contribution in [3.05, 3.63) is 23.8 Å². The Morgan fingerprint density at radius 2 is 1.57 bits per heavy atom. The van der Waals surface area contributed by atoms with Crippen molar-refractivity contribution in [3.63, 3.8) is 0 Å². The summed E-state index contributed by atoms with van der Waals surface area (Å²) >= 11 is 0. The Hall–Kier alpha value is -2.86. The first-order valence-electron chi connectivity index (χ1n) is 7.95. The quantitative estimate of drug-likeness (QED) is 0.358. The molecule has 5 N–H and O–H groups in total. The van der Waals surface area contributed by atoms with Crippen LogP contribution >= 0.6 is 0 Å². The van der Waals surface area contributed by atoms with Crippen molar-refractivity contribution >= 4 is 18.0 Å². The summed E-state index contributed by atoms with van der Waals surface area (Å²) in [5.41, 5.74) is 0.396. The highest BCUT2D eigenvalue weighted by molar-refractivity contribution is 5.85. The smallest absolute Gasteiger partial charge is 0.335 e. The standard InChI is InChI=1S/C17H20O11/c1-25-8-5-7(3-4-10(18)19)6-9(26-2)14(8)27-17-13(22)11(20)12(21)15(28-17)16(23)24/h3-6,11-13,15,17,20-22H,1-2H3,(H,18,19)(H,23,24)/t11-,12-,13+,15-,17-/m0/s1. The van der Waals surface area contributed by atoms with E-state index in [1.165, 1.54) is 32.4 Å². The van der Waals surface area contributed by atoms with Gasteiger partial charge in [-0.15, -0.1) is 0 Å². The topological polar surface area (TPSA) is 172 Å². The molecule has 0 saturated carbocycles. The second-order valence-electron chi connectivity index (χ2n) is 5.78. The van der Waals surface area contributed by atoms with Gasteiger partial charge in [0.1, 0.15) is 18.3 Å². The van der Waals surface area contributed by atoms with Gasteiger partial charge in [-0.05, 0) is 23.8 Å². The fourth-order valence-electron chi connectivity index (χ4n) is 2.55. The van der Waals surface area contributed by atoms with Crippen molar-refractivity contribution in [2.24, 2.45) is 0 Å². The van der Waals surface area contributed by atoms with Crippen molar-refractivity contribution in [2.45, 2.75) is 30.7 Å². The molecule has 0 radical (unpaired) electrons. The van der Waals surface area contributed by atoms with Gasteiger partial charge in [0, 0.05) is 6.08 Å². The summed E-state index contributed by atoms with van der Waals surface area (Å²) in [5.74, 6) is -2.68. The number of aliphatic hydroxyl groups excluding tert-OH is 3. The minimum atomic E-state index is -1.86. The molecule has 2 rings (SSSR count). The molecule has 0 bridgehead atoms. The van der Waals surface area contributed by atoms with Crippen molar-refractivity contribution in [1.82, 2.24) is 0 Å². The molecule has 0 aliphatic carbocycles. The molecular weight excluding hydrogens is 380 g/mol. The minimum absolute atomic E-state index is 0.0627. The summed E-state index contributed by atoms with van der Waals surface area (Å²) < 4.78 is 20.9. The highest BCUT2D eigenvalue weighted by Crippen LogP contribution is 2.40. The third-order valence-corrected chi connectivity index (χ3v) is 3.95. The molecule has 154 valence electrons. The monoisotopic (exact) mass is 400 g/mol. The maximum absolute atomic E-state index is 11.2. The fraction of sp³-hybridized carbons (Fsp3) is 0.412. The summed E-state index contributed by atoms with van der Waals surface area (Å²) in [4.78, 5) is 21.9. The number of aliphatic hydroxyl groups is 3. The number of ether oxygens (including phenoxy) is 4. The van der Waals surface area contributed by atoms with Gasteiger partial charge in [-0.3, -0.25) is 0 Å². The van der Waals surface area contributed by atoms with Crippen molar-refractivity contribution < 1.29 is 54.1 Å². The van der Waals surface area contributed by atoms with E-state index in [1.54, 1.807) is 0 Å². The van der Waals surface area contributed by atoms with Gasteiger partial charge < -0.3 is 44.5 Å². The molecule has 1 saturated heterocycles. The number of hydrogen-bond acceptors (Lipinski definition) is 9. The van der Waals surface area contributed by atoms with Crippen LogP contribution in [0.4, 0.5) is 0 Å². The number of carboxylic acid groups (broad SMARTS) is 2. The van der Waals surface area contributed by atoms with Gasteiger partial charge in [0.2, 0.25) is 12.0 Å². The van der Waals surface area contributed by atoms with Crippen LogP contribution in [-0.2, 0) is 14.3 Å². The molecule has 1 aliphatic heterocycles. The Labute approximate surface area is 158 Å². The zero-order valence-electron chi connectivity index (χ0n) is 14.9. The number of hydrogen-bond donors (Lipinski definition) is 5. The van der Waals surface area contributed by atoms with E-state index in [1.807, 2.05) is 0 Å². The van der Waals surface area contributed by atoms with Crippen LogP contribution in [0, 0.1) is 0 Å². The molecular formula is C17H20O11. The van der Waals surface area contributed by atoms with E-state index in [4.69, 9.17) is 29.2 Å². The molecule has 11 heteroatoms. The Morgan fingerprint density at radius 3 is 2.04 bits per heavy atom. The first-order valence-corrected chi connectivity index (χ1v) is 7.95. The molecule has 1 heterocycles. The lowest BCUT2D eigenvalue weighted by atomic mass is 9.99. The molecule has 28 heavy (non-hydrogen) atoms. The third-order valence-electron chi connectivity index (χ3n) is 3.95. The Bertz CT molecular complexity index is 734. The predicted octanol–water partition coefficient (Wildman–Crippen LogP) is -0.927. The molecule has 5 atom stereocenters. The molecule has 1 fully saturated rings. The van der Waals surface area contributed by atoms with Gasteiger partial charge in [-0.25, -0.2) is 9.59 Å². The Morgan fingerprint density at radius 1 is 1.00 bits per heavy atom. The summed E-state index contributed by atoms with van der Waals surface area (Å²) in [7, 11) is 2.59. The summed E-state index contributed by atoms with van der Waals surface area (Å²) in [6.07, 6.45) is -6.79. The number of rotatable bonds is 7. The van der Waals surface area contributed by atoms with Crippen molar-refractivity contribution in [1.29, 1.82) is 0 Å². The number of carboxylic acids is 2. The minimum Gasteiger partial charge on any atom is -0.493 e. The van der Waals surface area contributed by atoms with E-state index in [0.29, 0.717) is 5.56 Å². The molecule has 1 aliphatic rings. The van der Waals surface area contributed by atoms with Crippen LogP contribution in [0.5, 0.6) is 17.2 Å². The average molecular weight is 400 g/mol. The summed E-state index contributed by atoms with van der Waals surface area (Å²) in [5, 5.41) is 47.5. The average Bonchev–Trinajstić information content (AvgIpc) is 2.66. The Kier molecular flexibility index (Phi) is 6.80. The number of carbonyl (C=O) groups is 2. The predicted molar refractivity (Wildman–Crippen MR) is 91.2 cm³/mol. The second kappa shape index (κ2) is 8.89. The van der Waals surface area contributed by atoms with Gasteiger partial charge in [-0.2, -0.15) is 0 Å². The van der Waals surface area contributed by atoms with Crippen molar-refractivity contribution in [2.75, 3.05) is 14.2 Å². The van der Waals surface area contributed by atoms with Crippen LogP contribution in [-0.4, -0.2) is 82.4 Å². The van der Waals surface area contributed by atoms with Crippen molar-refractivity contribution in [3.8, 4) is 17.2 Å². The summed E-state index contributed by atoms with van der Waals surface area (Å²) in [6, 6.07) is 2.82. The lowest BCUT2D eigenvalue weighted by Crippen LogP contribution is -2.61. The van der Waals surface area contributed by atoms with E-state index in [-0.39, 0.29) is 17.2 Å². The highest BCUT2D eigenvalue weighted by Gasteiger charge is 2.48. The van der Waals surface area contributed by atoms with E-state index in [2.05, 4.69) is 0 Å². The fourth-order valence-corrected chi connectivity index (χ4v) is 2.55. The molecule has 0 spiro atoms. The SMILES string of the molecule is COc1cc(C=CC(=O)O)cc(OC)c1O[C@H]1O[C@H](C(=O)O)[C@@H](O)[C@H](O)[C@H]1O. The Balaban J connectivity index is 2.38. The van der Waals surface area contributed by atoms with Gasteiger partial charge >= 0.3 is 11.9 Å². The number of benzene rings is 1. The first-order chi connectivity index (χ1) is 13.2. The molecule has 1 aromatic rings. The lowest BCUT2D eigenvalue weighted by Gasteiger charge is -2.38. The van der Waals surface area contributed by atoms with Crippen LogP contribution in [0.15, 0.2) is 18.2 Å². The lowest BCUT2D eigenvalue weighted by molar-refractivity contribution is -0.271. The van der Waals surface area contributed by atoms with Crippen LogP contribution in [0.1, 0.15) is 5.56 Å². The first kappa shape index (κ1) is 21.4. The van der Waals surface area contributed by atoms with Gasteiger partial charge in [0.05, 0.1) is 14.2 Å². The van der Waals surface area contributed by atoms with Crippen LogP contribution in [0.25, 0.3) is 6.08 Å². The van der Waals surface area contributed by atoms with E-state index in [0.717, 1.165) is 6.08 Å². The van der Waals surface area contributed by atoms with Crippen LogP contribution in [0.2, 0.25) is 0 Å². The van der Waals surface area contributed by atoms with E-state index >= 15 is 0 Å². The molecule has 0 aromatic heterocycles. The van der Waals surface area contributed by atoms with Crippen LogP contribution < -0.4 is 14.2 Å². The molecule has 11 nitrogen and oxygen atoms in total. The molecule has 1 aromatic carbocycles. The molecule has 0 amide bonds. The number of aliphatic carboxylic acids is 2. The van der Waals surface area contributed by atoms with Gasteiger partial charge in [0.25, 0.3) is 0 Å². The van der Waals surface area contributed by atoms with E-state index in [9.17, 15) is 24.9 Å². The maximum Gasteiger partial charge on any atom is 0.335 e. The third kappa shape index (κ3) is 4.51. The van der Waals surface area contributed by atoms with E-state index < -0.39 is 42.6 Å². The van der Waals surface area contributed by atoms with Crippen LogP contribution in [0.3, 0.4) is 0 Å². The highest BCUT2D eigenvalue weighted by atomic mass is 16.7. The zero-order chi connectivity index (χ0) is 21.0. The van der Waals surface area contributed by atoms with Gasteiger partial charge in [0.15, 0.2) is 17.6 Å². The zero-order valence-corrected chi connectivity index (χ0v) is 14.9. The maximum atomic E-state index is 11.2. The molecule has 0 unspecified atom stereocenters. The normalized spacial score (nSPS) is 27.4. The second-order valence-corrected chi connectivity index (χ2v) is 5.78. The number of methoxy groups -OCH3 is 2.